The number of nitrogens with one attached hydrogen (secondary N) is 1. The molecule has 1 fully saturated rings. The van der Waals surface area contributed by atoms with E-state index in [0.717, 1.165) is 0 Å². The maximum atomic E-state index is 11.9. The van der Waals surface area contributed by atoms with Crippen LogP contribution in [0.15, 0.2) is 0 Å². The monoisotopic (exact) mass is 297 g/mol. The summed E-state index contributed by atoms with van der Waals surface area (Å²) >= 11 is 0. The van der Waals surface area contributed by atoms with Crippen LogP contribution in [0.5, 0.6) is 0 Å². The Hall–Kier alpha value is -1.43. The van der Waals surface area contributed by atoms with Crippen molar-refractivity contribution in [2.45, 2.75) is 40.0 Å². The van der Waals surface area contributed by atoms with E-state index in [2.05, 4.69) is 5.32 Å². The van der Waals surface area contributed by atoms with Crippen LogP contribution in [0.2, 0.25) is 0 Å². The van der Waals surface area contributed by atoms with E-state index in [1.165, 1.54) is 0 Å². The fraction of sp³-hybridized carbons (Fsp3) is 0.800. The topological polar surface area (TPSA) is 115 Å². The number of nitrogens with two attached hydrogens (primary N) is 2. The molecule has 0 aromatic rings. The highest BCUT2D eigenvalue weighted by atomic mass is 16.2. The highest BCUT2D eigenvalue weighted by Gasteiger charge is 2.37. The standard InChI is InChI=1S/C15H27N3O3/c1-15(2,3)7-11(13(17)20)9(8-16)6-10-12(19)4-5-18-14(10)21/h9-11H,4-8,16H2,1-3H3,(H2,17,20)(H,18,21)/t9-,10+,11?/m1/s1. The highest BCUT2D eigenvalue weighted by Crippen LogP contribution is 2.32. The molecule has 0 saturated carbocycles. The van der Waals surface area contributed by atoms with Crippen molar-refractivity contribution in [2.75, 3.05) is 13.1 Å². The van der Waals surface area contributed by atoms with Gasteiger partial charge in [-0.05, 0) is 30.7 Å². The van der Waals surface area contributed by atoms with Crippen LogP contribution in [-0.2, 0) is 14.4 Å². The first-order valence-electron chi connectivity index (χ1n) is 7.45. The SMILES string of the molecule is CC(C)(C)CC(C(N)=O)[C@@H](CN)C[C@H]1C(=O)CCNC1=O. The first-order chi connectivity index (χ1) is 9.65. The third kappa shape index (κ3) is 5.12. The molecule has 0 aliphatic carbocycles. The van der Waals surface area contributed by atoms with Crippen LogP contribution in [0.3, 0.4) is 0 Å². The number of amides is 2. The maximum absolute atomic E-state index is 11.9. The Labute approximate surface area is 126 Å². The van der Waals surface area contributed by atoms with Crippen LogP contribution in [-0.4, -0.2) is 30.7 Å². The van der Waals surface area contributed by atoms with E-state index in [-0.39, 0.29) is 29.6 Å². The van der Waals surface area contributed by atoms with E-state index in [1.54, 1.807) is 0 Å². The number of carbonyl (C=O) groups is 3. The van der Waals surface area contributed by atoms with Crippen molar-refractivity contribution in [2.24, 2.45) is 34.6 Å². The number of Topliss-reactive ketones (excluding diaryl/α,β-unsaturated/α-hetero) is 1. The summed E-state index contributed by atoms with van der Waals surface area (Å²) in [4.78, 5) is 35.5. The number of carbonyl (C=O) groups excluding carboxylic acids is 3. The molecule has 1 heterocycles. The molecule has 0 bridgehead atoms. The second-order valence-corrected chi connectivity index (χ2v) is 7.07. The van der Waals surface area contributed by atoms with Gasteiger partial charge in [-0.3, -0.25) is 14.4 Å². The Kier molecular flexibility index (Phi) is 5.89. The van der Waals surface area contributed by atoms with Crippen molar-refractivity contribution in [3.8, 4) is 0 Å². The van der Waals surface area contributed by atoms with Gasteiger partial charge < -0.3 is 16.8 Å². The summed E-state index contributed by atoms with van der Waals surface area (Å²) in [5.41, 5.74) is 11.2. The number of ketones is 1. The second-order valence-electron chi connectivity index (χ2n) is 7.07. The van der Waals surface area contributed by atoms with Gasteiger partial charge in [0.05, 0.1) is 5.92 Å². The number of rotatable bonds is 6. The largest absolute Gasteiger partial charge is 0.369 e. The molecule has 1 rings (SSSR count). The maximum Gasteiger partial charge on any atom is 0.230 e. The smallest absolute Gasteiger partial charge is 0.230 e. The number of hydrogen-bond donors (Lipinski definition) is 3. The van der Waals surface area contributed by atoms with E-state index in [9.17, 15) is 14.4 Å². The Balaban J connectivity index is 2.85. The van der Waals surface area contributed by atoms with Gasteiger partial charge in [0.25, 0.3) is 0 Å². The second kappa shape index (κ2) is 7.02. The van der Waals surface area contributed by atoms with Gasteiger partial charge in [-0.15, -0.1) is 0 Å². The van der Waals surface area contributed by atoms with Crippen molar-refractivity contribution in [3.05, 3.63) is 0 Å². The fourth-order valence-corrected chi connectivity index (χ4v) is 2.88. The van der Waals surface area contributed by atoms with Crippen molar-refractivity contribution in [1.82, 2.24) is 5.32 Å². The normalized spacial score (nSPS) is 22.6. The zero-order valence-corrected chi connectivity index (χ0v) is 13.1. The predicted molar refractivity (Wildman–Crippen MR) is 80.0 cm³/mol. The van der Waals surface area contributed by atoms with Crippen LogP contribution in [0.1, 0.15) is 40.0 Å². The minimum atomic E-state index is -0.700. The highest BCUT2D eigenvalue weighted by molar-refractivity contribution is 6.03. The van der Waals surface area contributed by atoms with Crippen LogP contribution < -0.4 is 16.8 Å². The van der Waals surface area contributed by atoms with Gasteiger partial charge in [-0.2, -0.15) is 0 Å². The third-order valence-corrected chi connectivity index (χ3v) is 3.98. The molecule has 6 nitrogen and oxygen atoms in total. The lowest BCUT2D eigenvalue weighted by Gasteiger charge is -2.32. The number of primary amides is 1. The van der Waals surface area contributed by atoms with Crippen molar-refractivity contribution < 1.29 is 14.4 Å². The van der Waals surface area contributed by atoms with Gasteiger partial charge in [0.1, 0.15) is 5.78 Å². The van der Waals surface area contributed by atoms with Gasteiger partial charge in [0.2, 0.25) is 11.8 Å². The zero-order valence-electron chi connectivity index (χ0n) is 13.1. The molecule has 6 heteroatoms. The van der Waals surface area contributed by atoms with E-state index in [1.807, 2.05) is 20.8 Å². The zero-order chi connectivity index (χ0) is 16.2. The third-order valence-electron chi connectivity index (χ3n) is 3.98. The molecule has 1 aliphatic rings. The molecule has 120 valence electrons. The van der Waals surface area contributed by atoms with Crippen LogP contribution in [0.4, 0.5) is 0 Å². The lowest BCUT2D eigenvalue weighted by molar-refractivity contribution is -0.138. The van der Waals surface area contributed by atoms with E-state index in [4.69, 9.17) is 11.5 Å². The molecule has 0 aromatic heterocycles. The molecule has 0 spiro atoms. The molecule has 1 saturated heterocycles. The first kappa shape index (κ1) is 17.6. The molecule has 5 N–H and O–H groups in total. The number of piperidine rings is 1. The Morgan fingerprint density at radius 3 is 2.43 bits per heavy atom. The lowest BCUT2D eigenvalue weighted by atomic mass is 9.74. The van der Waals surface area contributed by atoms with Crippen LogP contribution >= 0.6 is 0 Å². The predicted octanol–water partition coefficient (Wildman–Crippen LogP) is 0.194. The molecule has 21 heavy (non-hydrogen) atoms. The Morgan fingerprint density at radius 1 is 1.38 bits per heavy atom. The van der Waals surface area contributed by atoms with E-state index in [0.29, 0.717) is 25.8 Å². The molecule has 1 aliphatic heterocycles. The molecular formula is C15H27N3O3. The fourth-order valence-electron chi connectivity index (χ4n) is 2.88. The minimum Gasteiger partial charge on any atom is -0.369 e. The first-order valence-corrected chi connectivity index (χ1v) is 7.45. The summed E-state index contributed by atoms with van der Waals surface area (Å²) in [6.07, 6.45) is 1.23. The molecule has 0 aromatic carbocycles. The minimum absolute atomic E-state index is 0.0730. The van der Waals surface area contributed by atoms with E-state index >= 15 is 0 Å². The molecule has 2 amide bonds. The molecule has 1 unspecified atom stereocenters. The lowest BCUT2D eigenvalue weighted by Crippen LogP contribution is -2.46. The van der Waals surface area contributed by atoms with E-state index < -0.39 is 17.7 Å². The average Bonchev–Trinajstić information content (AvgIpc) is 2.35. The van der Waals surface area contributed by atoms with Gasteiger partial charge in [-0.1, -0.05) is 20.8 Å². The number of hydrogen-bond acceptors (Lipinski definition) is 4. The summed E-state index contributed by atoms with van der Waals surface area (Å²) in [5.74, 6) is -2.12. The quantitative estimate of drug-likeness (QED) is 0.607. The molecule has 0 radical (unpaired) electrons. The van der Waals surface area contributed by atoms with Crippen molar-refractivity contribution >= 4 is 17.6 Å². The summed E-state index contributed by atoms with van der Waals surface area (Å²) in [5, 5.41) is 2.69. The van der Waals surface area contributed by atoms with Crippen molar-refractivity contribution in [3.63, 3.8) is 0 Å². The van der Waals surface area contributed by atoms with Gasteiger partial charge >= 0.3 is 0 Å². The van der Waals surface area contributed by atoms with Gasteiger partial charge in [0, 0.05) is 18.9 Å². The Morgan fingerprint density at radius 2 is 2.00 bits per heavy atom. The summed E-state index contributed by atoms with van der Waals surface area (Å²) in [7, 11) is 0. The summed E-state index contributed by atoms with van der Waals surface area (Å²) < 4.78 is 0. The van der Waals surface area contributed by atoms with Gasteiger partial charge in [0.15, 0.2) is 0 Å². The summed E-state index contributed by atoms with van der Waals surface area (Å²) in [6.45, 7) is 6.70. The summed E-state index contributed by atoms with van der Waals surface area (Å²) in [6, 6.07) is 0. The van der Waals surface area contributed by atoms with Crippen LogP contribution in [0, 0.1) is 23.2 Å². The molecule has 3 atom stereocenters. The van der Waals surface area contributed by atoms with Crippen LogP contribution in [0.25, 0.3) is 0 Å². The Bertz CT molecular complexity index is 399. The molecular weight excluding hydrogens is 270 g/mol. The average molecular weight is 297 g/mol. The van der Waals surface area contributed by atoms with Crippen molar-refractivity contribution in [1.29, 1.82) is 0 Å². The van der Waals surface area contributed by atoms with Gasteiger partial charge in [-0.25, -0.2) is 0 Å².